The maximum Gasteiger partial charge on any atom is 0.255 e. The molecule has 1 amide bonds. The van der Waals surface area contributed by atoms with Gasteiger partial charge in [-0.1, -0.05) is 0 Å². The maximum absolute atomic E-state index is 13.2. The summed E-state index contributed by atoms with van der Waals surface area (Å²) in [4.78, 5) is 11.8. The molecule has 1 rings (SSSR count). The third-order valence-electron chi connectivity index (χ3n) is 2.21. The van der Waals surface area contributed by atoms with Gasteiger partial charge in [-0.15, -0.1) is 0 Å². The molecule has 106 valence electrons. The van der Waals surface area contributed by atoms with Gasteiger partial charge in [0.25, 0.3) is 12.3 Å². The molecular weight excluding hydrogens is 285 g/mol. The van der Waals surface area contributed by atoms with E-state index >= 15 is 0 Å². The minimum absolute atomic E-state index is 0.368. The Bertz CT molecular complexity index is 590. The predicted octanol–water partition coefficient (Wildman–Crippen LogP) is 0.810. The zero-order valence-electron chi connectivity index (χ0n) is 9.81. The van der Waals surface area contributed by atoms with E-state index in [4.69, 9.17) is 5.14 Å². The monoisotopic (exact) mass is 296 g/mol. The van der Waals surface area contributed by atoms with E-state index in [0.29, 0.717) is 11.0 Å². The third-order valence-corrected chi connectivity index (χ3v) is 3.10. The fraction of sp³-hybridized carbons (Fsp3) is 0.300. The van der Waals surface area contributed by atoms with Crippen LogP contribution in [-0.2, 0) is 10.0 Å². The van der Waals surface area contributed by atoms with Crippen LogP contribution < -0.4 is 5.14 Å². The standard InChI is InChI=1S/C10H11F3N2O3S/c1-15(5-9(12)13)10(16)6-2-7(11)4-8(3-6)19(14,17)18/h2-4,9H,5H2,1H3,(H2,14,17,18). The largest absolute Gasteiger partial charge is 0.336 e. The first-order valence-electron chi connectivity index (χ1n) is 4.98. The molecule has 0 aliphatic heterocycles. The van der Waals surface area contributed by atoms with Gasteiger partial charge in [-0.25, -0.2) is 26.7 Å². The summed E-state index contributed by atoms with van der Waals surface area (Å²) < 4.78 is 59.6. The lowest BCUT2D eigenvalue weighted by Crippen LogP contribution is -2.31. The minimum Gasteiger partial charge on any atom is -0.336 e. The lowest BCUT2D eigenvalue weighted by atomic mass is 10.2. The average molecular weight is 296 g/mol. The highest BCUT2D eigenvalue weighted by atomic mass is 32.2. The van der Waals surface area contributed by atoms with Gasteiger partial charge < -0.3 is 4.90 Å². The van der Waals surface area contributed by atoms with E-state index < -0.39 is 39.6 Å². The summed E-state index contributed by atoms with van der Waals surface area (Å²) in [6, 6.07) is 2.22. The molecule has 0 saturated heterocycles. The Balaban J connectivity index is 3.14. The molecule has 0 atom stereocenters. The van der Waals surface area contributed by atoms with E-state index in [9.17, 15) is 26.4 Å². The Kier molecular flexibility index (Phi) is 4.53. The molecule has 0 aliphatic carbocycles. The number of primary sulfonamides is 1. The minimum atomic E-state index is -4.19. The highest BCUT2D eigenvalue weighted by Crippen LogP contribution is 2.15. The fourth-order valence-electron chi connectivity index (χ4n) is 1.36. The van der Waals surface area contributed by atoms with Crippen molar-refractivity contribution in [2.24, 2.45) is 5.14 Å². The molecule has 0 unspecified atom stereocenters. The zero-order chi connectivity index (χ0) is 14.8. The molecule has 1 aromatic rings. The molecular formula is C10H11F3N2O3S. The van der Waals surface area contributed by atoms with Gasteiger partial charge in [0.1, 0.15) is 5.82 Å². The van der Waals surface area contributed by atoms with Crippen LogP contribution in [0.1, 0.15) is 10.4 Å². The summed E-state index contributed by atoms with van der Waals surface area (Å²) in [6.07, 6.45) is -2.75. The predicted molar refractivity (Wildman–Crippen MR) is 60.7 cm³/mol. The van der Waals surface area contributed by atoms with E-state index in [1.165, 1.54) is 0 Å². The van der Waals surface area contributed by atoms with Crippen molar-refractivity contribution in [3.8, 4) is 0 Å². The third kappa shape index (κ3) is 4.21. The van der Waals surface area contributed by atoms with Crippen molar-refractivity contribution in [3.63, 3.8) is 0 Å². The Morgan fingerprint density at radius 3 is 2.42 bits per heavy atom. The zero-order valence-corrected chi connectivity index (χ0v) is 10.6. The fourth-order valence-corrected chi connectivity index (χ4v) is 1.93. The Morgan fingerprint density at radius 1 is 1.37 bits per heavy atom. The number of halogens is 3. The highest BCUT2D eigenvalue weighted by molar-refractivity contribution is 7.89. The second-order valence-electron chi connectivity index (χ2n) is 3.80. The summed E-state index contributed by atoms with van der Waals surface area (Å²) in [5.41, 5.74) is -0.368. The van der Waals surface area contributed by atoms with Crippen molar-refractivity contribution >= 4 is 15.9 Å². The molecule has 0 spiro atoms. The SMILES string of the molecule is CN(CC(F)F)C(=O)c1cc(F)cc(S(N)(=O)=O)c1. The molecule has 0 fully saturated rings. The van der Waals surface area contributed by atoms with E-state index in [1.54, 1.807) is 0 Å². The summed E-state index contributed by atoms with van der Waals surface area (Å²) in [7, 11) is -3.10. The average Bonchev–Trinajstić information content (AvgIpc) is 2.25. The van der Waals surface area contributed by atoms with Gasteiger partial charge in [0.15, 0.2) is 0 Å². The molecule has 5 nitrogen and oxygen atoms in total. The summed E-state index contributed by atoms with van der Waals surface area (Å²) in [5, 5.41) is 4.81. The molecule has 0 saturated carbocycles. The number of rotatable bonds is 4. The van der Waals surface area contributed by atoms with Crippen molar-refractivity contribution in [1.29, 1.82) is 0 Å². The first-order valence-corrected chi connectivity index (χ1v) is 6.53. The lowest BCUT2D eigenvalue weighted by Gasteiger charge is -2.16. The molecule has 1 aromatic carbocycles. The number of nitrogens with zero attached hydrogens (tertiary/aromatic N) is 1. The normalized spacial score (nSPS) is 11.7. The molecule has 9 heteroatoms. The first kappa shape index (κ1) is 15.4. The second-order valence-corrected chi connectivity index (χ2v) is 5.36. The quantitative estimate of drug-likeness (QED) is 0.893. The molecule has 0 heterocycles. The number of hydrogen-bond donors (Lipinski definition) is 1. The molecule has 0 aromatic heterocycles. The van der Waals surface area contributed by atoms with E-state index in [1.807, 2.05) is 0 Å². The van der Waals surface area contributed by atoms with Gasteiger partial charge in [0, 0.05) is 12.6 Å². The number of benzene rings is 1. The second kappa shape index (κ2) is 5.57. The smallest absolute Gasteiger partial charge is 0.255 e. The van der Waals surface area contributed by atoms with Crippen molar-refractivity contribution in [1.82, 2.24) is 4.90 Å². The topological polar surface area (TPSA) is 80.5 Å². The summed E-state index contributed by atoms with van der Waals surface area (Å²) >= 11 is 0. The van der Waals surface area contributed by atoms with Crippen LogP contribution in [0, 0.1) is 5.82 Å². The molecule has 2 N–H and O–H groups in total. The number of alkyl halides is 2. The van der Waals surface area contributed by atoms with Gasteiger partial charge in [-0.05, 0) is 18.2 Å². The number of sulfonamides is 1. The van der Waals surface area contributed by atoms with Crippen LogP contribution >= 0.6 is 0 Å². The summed E-state index contributed by atoms with van der Waals surface area (Å²) in [6.45, 7) is -0.847. The van der Waals surface area contributed by atoms with Crippen molar-refractivity contribution in [3.05, 3.63) is 29.6 Å². The van der Waals surface area contributed by atoms with Crippen LogP contribution in [0.4, 0.5) is 13.2 Å². The molecule has 0 bridgehead atoms. The van der Waals surface area contributed by atoms with Crippen LogP contribution in [0.25, 0.3) is 0 Å². The number of carbonyl (C=O) groups excluding carboxylic acids is 1. The Labute approximate surface area is 107 Å². The first-order chi connectivity index (χ1) is 8.61. The van der Waals surface area contributed by atoms with Crippen LogP contribution in [0.5, 0.6) is 0 Å². The molecule has 0 radical (unpaired) electrons. The van der Waals surface area contributed by atoms with Crippen molar-refractivity contribution in [2.45, 2.75) is 11.3 Å². The van der Waals surface area contributed by atoms with E-state index in [2.05, 4.69) is 0 Å². The lowest BCUT2D eigenvalue weighted by molar-refractivity contribution is 0.0619. The Hall–Kier alpha value is -1.61. The van der Waals surface area contributed by atoms with Crippen LogP contribution in [0.3, 0.4) is 0 Å². The van der Waals surface area contributed by atoms with Gasteiger partial charge in [0.05, 0.1) is 11.4 Å². The molecule has 0 aliphatic rings. The van der Waals surface area contributed by atoms with Crippen LogP contribution in [0.2, 0.25) is 0 Å². The highest BCUT2D eigenvalue weighted by Gasteiger charge is 2.19. The van der Waals surface area contributed by atoms with Gasteiger partial charge in [0.2, 0.25) is 10.0 Å². The van der Waals surface area contributed by atoms with Crippen LogP contribution in [-0.4, -0.2) is 39.2 Å². The van der Waals surface area contributed by atoms with E-state index in [-0.39, 0.29) is 5.56 Å². The van der Waals surface area contributed by atoms with E-state index in [0.717, 1.165) is 19.2 Å². The van der Waals surface area contributed by atoms with Gasteiger partial charge in [-0.2, -0.15) is 0 Å². The number of amides is 1. The maximum atomic E-state index is 13.2. The van der Waals surface area contributed by atoms with Crippen molar-refractivity contribution < 1.29 is 26.4 Å². The van der Waals surface area contributed by atoms with Gasteiger partial charge in [-0.3, -0.25) is 4.79 Å². The van der Waals surface area contributed by atoms with Crippen molar-refractivity contribution in [2.75, 3.05) is 13.6 Å². The van der Waals surface area contributed by atoms with Crippen LogP contribution in [0.15, 0.2) is 23.1 Å². The number of carbonyl (C=O) groups is 1. The summed E-state index contributed by atoms with van der Waals surface area (Å²) in [5.74, 6) is -1.93. The Morgan fingerprint density at radius 2 is 1.95 bits per heavy atom. The number of hydrogen-bond acceptors (Lipinski definition) is 3. The van der Waals surface area contributed by atoms with Gasteiger partial charge >= 0.3 is 0 Å². The molecule has 19 heavy (non-hydrogen) atoms. The number of nitrogens with two attached hydrogens (primary N) is 1.